The van der Waals surface area contributed by atoms with Gasteiger partial charge >= 0.3 is 5.97 Å². The molecule has 0 bridgehead atoms. The van der Waals surface area contributed by atoms with Crippen LogP contribution in [0.1, 0.15) is 49.2 Å². The van der Waals surface area contributed by atoms with Gasteiger partial charge in [0.2, 0.25) is 11.8 Å². The van der Waals surface area contributed by atoms with Crippen molar-refractivity contribution in [3.8, 4) is 0 Å². The number of nitrogens with one attached hydrogen (secondary N) is 1. The molecule has 2 aromatic carbocycles. The van der Waals surface area contributed by atoms with Crippen molar-refractivity contribution in [2.45, 2.75) is 38.8 Å². The van der Waals surface area contributed by atoms with E-state index < -0.39 is 41.2 Å². The fourth-order valence-corrected chi connectivity index (χ4v) is 5.16. The lowest BCUT2D eigenvalue weighted by atomic mass is 9.75. The predicted octanol–water partition coefficient (Wildman–Crippen LogP) is 3.21. The van der Waals surface area contributed by atoms with Gasteiger partial charge in [0.15, 0.2) is 5.78 Å². The largest absolute Gasteiger partial charge is 0.480 e. The molecule has 0 spiro atoms. The summed E-state index contributed by atoms with van der Waals surface area (Å²) in [6, 6.07) is 14.8. The van der Waals surface area contributed by atoms with Crippen molar-refractivity contribution in [2.75, 3.05) is 4.90 Å². The number of carbonyl (C=O) groups is 4. The molecule has 4 rings (SSSR count). The topological polar surface area (TPSA) is 104 Å². The number of rotatable bonds is 6. The average Bonchev–Trinajstić information content (AvgIpc) is 3.23. The number of benzene rings is 2. The van der Waals surface area contributed by atoms with Gasteiger partial charge in [0.25, 0.3) is 0 Å². The Kier molecular flexibility index (Phi) is 5.46. The zero-order valence-corrected chi connectivity index (χ0v) is 18.2. The second kappa shape index (κ2) is 7.98. The molecule has 166 valence electrons. The molecule has 32 heavy (non-hydrogen) atoms. The highest BCUT2D eigenvalue weighted by molar-refractivity contribution is 6.24. The summed E-state index contributed by atoms with van der Waals surface area (Å²) in [6.45, 7) is 5.24. The molecule has 2 saturated heterocycles. The van der Waals surface area contributed by atoms with Crippen molar-refractivity contribution >= 4 is 29.3 Å². The molecule has 4 atom stereocenters. The van der Waals surface area contributed by atoms with E-state index in [1.54, 1.807) is 24.3 Å². The van der Waals surface area contributed by atoms with Gasteiger partial charge in [-0.05, 0) is 49.1 Å². The van der Waals surface area contributed by atoms with Crippen molar-refractivity contribution in [3.63, 3.8) is 0 Å². The molecule has 2 aliphatic rings. The summed E-state index contributed by atoms with van der Waals surface area (Å²) in [6.07, 6.45) is 0.211. The summed E-state index contributed by atoms with van der Waals surface area (Å²) in [5.41, 5.74) is 0.0242. The smallest absolute Gasteiger partial charge is 0.324 e. The van der Waals surface area contributed by atoms with E-state index in [0.29, 0.717) is 11.3 Å². The number of fused-ring (bicyclic) bond motifs is 1. The van der Waals surface area contributed by atoms with Crippen LogP contribution >= 0.6 is 0 Å². The Morgan fingerprint density at radius 1 is 1.03 bits per heavy atom. The van der Waals surface area contributed by atoms with Crippen LogP contribution in [-0.4, -0.2) is 34.2 Å². The number of imide groups is 1. The Bertz CT molecular complexity index is 1080. The Balaban J connectivity index is 1.83. The molecule has 0 aromatic heterocycles. The monoisotopic (exact) mass is 434 g/mol. The molecule has 7 nitrogen and oxygen atoms in total. The molecule has 2 N–H and O–H groups in total. The first-order valence-corrected chi connectivity index (χ1v) is 10.7. The number of ketones is 1. The lowest BCUT2D eigenvalue weighted by Crippen LogP contribution is -2.56. The number of hydrogen-bond donors (Lipinski definition) is 2. The molecule has 0 saturated carbocycles. The first-order valence-electron chi connectivity index (χ1n) is 10.7. The van der Waals surface area contributed by atoms with Crippen LogP contribution in [0.25, 0.3) is 0 Å². The van der Waals surface area contributed by atoms with Gasteiger partial charge < -0.3 is 5.11 Å². The number of aliphatic carboxylic acids is 1. The lowest BCUT2D eigenvalue weighted by molar-refractivity contribution is -0.149. The minimum Gasteiger partial charge on any atom is -0.480 e. The van der Waals surface area contributed by atoms with Crippen molar-refractivity contribution < 1.29 is 24.3 Å². The normalized spacial score (nSPS) is 27.1. The summed E-state index contributed by atoms with van der Waals surface area (Å²) < 4.78 is 0. The zero-order chi connectivity index (χ0) is 23.2. The van der Waals surface area contributed by atoms with Crippen molar-refractivity contribution in [1.29, 1.82) is 0 Å². The highest BCUT2D eigenvalue weighted by atomic mass is 16.4. The molecule has 4 unspecified atom stereocenters. The fraction of sp³-hybridized carbons (Fsp3) is 0.360. The number of anilines is 1. The van der Waals surface area contributed by atoms with E-state index in [-0.39, 0.29) is 18.1 Å². The second-order valence-electron chi connectivity index (χ2n) is 9.03. The first-order chi connectivity index (χ1) is 15.2. The first kappa shape index (κ1) is 21.9. The quantitative estimate of drug-likeness (QED) is 0.535. The maximum atomic E-state index is 13.6. The maximum Gasteiger partial charge on any atom is 0.324 e. The third kappa shape index (κ3) is 3.33. The number of hydrogen-bond acceptors (Lipinski definition) is 5. The molecular formula is C25H26N2O5. The summed E-state index contributed by atoms with van der Waals surface area (Å²) in [7, 11) is 0. The molecule has 2 aliphatic heterocycles. The summed E-state index contributed by atoms with van der Waals surface area (Å²) >= 11 is 0. The lowest BCUT2D eigenvalue weighted by Gasteiger charge is -2.32. The Morgan fingerprint density at radius 2 is 1.66 bits per heavy atom. The SMILES string of the molecule is CC(=O)c1ccc(N2C(=O)C3C(c4ccccc4)NC(CC(C)C)(C(=O)O)C3C2=O)cc1. The van der Waals surface area contributed by atoms with E-state index >= 15 is 0 Å². The van der Waals surface area contributed by atoms with Crippen LogP contribution in [-0.2, 0) is 14.4 Å². The summed E-state index contributed by atoms with van der Waals surface area (Å²) in [5, 5.41) is 13.5. The highest BCUT2D eigenvalue weighted by Gasteiger charge is 2.68. The van der Waals surface area contributed by atoms with Crippen LogP contribution in [0.4, 0.5) is 5.69 Å². The average molecular weight is 434 g/mol. The van der Waals surface area contributed by atoms with Crippen LogP contribution in [0.15, 0.2) is 54.6 Å². The minimum atomic E-state index is -1.56. The van der Waals surface area contributed by atoms with Crippen LogP contribution in [0.3, 0.4) is 0 Å². The molecule has 7 heteroatoms. The van der Waals surface area contributed by atoms with Crippen molar-refractivity contribution in [1.82, 2.24) is 5.32 Å². The number of amides is 2. The van der Waals surface area contributed by atoms with Crippen molar-refractivity contribution in [2.24, 2.45) is 17.8 Å². The van der Waals surface area contributed by atoms with Crippen LogP contribution < -0.4 is 10.2 Å². The standard InChI is InChI=1S/C25H26N2O5/c1-14(2)13-25(24(31)32)20-19(21(26-25)17-7-5-4-6-8-17)22(29)27(23(20)30)18-11-9-16(10-12-18)15(3)28/h4-12,14,19-21,26H,13H2,1-3H3,(H,31,32). The second-order valence-corrected chi connectivity index (χ2v) is 9.03. The molecule has 2 amide bonds. The van der Waals surface area contributed by atoms with Gasteiger partial charge in [0, 0.05) is 11.6 Å². The van der Waals surface area contributed by atoms with E-state index in [4.69, 9.17) is 0 Å². The third-order valence-corrected chi connectivity index (χ3v) is 6.46. The van der Waals surface area contributed by atoms with E-state index in [0.717, 1.165) is 10.5 Å². The molecule has 0 aliphatic carbocycles. The molecular weight excluding hydrogens is 408 g/mol. The third-order valence-electron chi connectivity index (χ3n) is 6.46. The summed E-state index contributed by atoms with van der Waals surface area (Å²) in [5.74, 6) is -4.09. The number of carboxylic acid groups (broad SMARTS) is 1. The number of carbonyl (C=O) groups excluding carboxylic acids is 3. The summed E-state index contributed by atoms with van der Waals surface area (Å²) in [4.78, 5) is 52.5. The maximum absolute atomic E-state index is 13.6. The van der Waals surface area contributed by atoms with E-state index in [1.165, 1.54) is 6.92 Å². The van der Waals surface area contributed by atoms with Gasteiger partial charge in [-0.15, -0.1) is 0 Å². The molecule has 2 aromatic rings. The Hall–Kier alpha value is -3.32. The van der Waals surface area contributed by atoms with E-state index in [1.807, 2.05) is 44.2 Å². The minimum absolute atomic E-state index is 0.0134. The fourth-order valence-electron chi connectivity index (χ4n) is 5.16. The molecule has 2 fully saturated rings. The van der Waals surface area contributed by atoms with Gasteiger partial charge in [-0.1, -0.05) is 44.2 Å². The number of Topliss-reactive ketones (excluding diaryl/α,β-unsaturated/α-hetero) is 1. The van der Waals surface area contributed by atoms with Gasteiger partial charge in [-0.2, -0.15) is 0 Å². The van der Waals surface area contributed by atoms with Crippen LogP contribution in [0.5, 0.6) is 0 Å². The van der Waals surface area contributed by atoms with Crippen LogP contribution in [0, 0.1) is 17.8 Å². The van der Waals surface area contributed by atoms with Crippen molar-refractivity contribution in [3.05, 3.63) is 65.7 Å². The number of carboxylic acids is 1. The predicted molar refractivity (Wildman–Crippen MR) is 118 cm³/mol. The Morgan fingerprint density at radius 3 is 2.19 bits per heavy atom. The van der Waals surface area contributed by atoms with Gasteiger partial charge in [-0.3, -0.25) is 24.5 Å². The Labute approximate surface area is 186 Å². The van der Waals surface area contributed by atoms with Gasteiger partial charge in [0.05, 0.1) is 17.5 Å². The molecule has 0 radical (unpaired) electrons. The highest BCUT2D eigenvalue weighted by Crippen LogP contribution is 2.51. The van der Waals surface area contributed by atoms with Gasteiger partial charge in [-0.25, -0.2) is 4.90 Å². The van der Waals surface area contributed by atoms with Crippen LogP contribution in [0.2, 0.25) is 0 Å². The molecule has 2 heterocycles. The number of nitrogens with zero attached hydrogens (tertiary/aromatic N) is 1. The zero-order valence-electron chi connectivity index (χ0n) is 18.2. The van der Waals surface area contributed by atoms with Gasteiger partial charge in [0.1, 0.15) is 5.54 Å². The van der Waals surface area contributed by atoms with E-state index in [2.05, 4.69) is 5.32 Å². The van der Waals surface area contributed by atoms with E-state index in [9.17, 15) is 24.3 Å².